The van der Waals surface area contributed by atoms with Crippen LogP contribution in [-0.4, -0.2) is 20.7 Å². The third-order valence-electron chi connectivity index (χ3n) is 3.66. The van der Waals surface area contributed by atoms with E-state index < -0.39 is 11.7 Å². The number of benzene rings is 2. The highest BCUT2D eigenvalue weighted by atomic mass is 35.5. The molecular formula is C18H16ClFN4OS. The summed E-state index contributed by atoms with van der Waals surface area (Å²) in [5, 5.41) is 12.2. The molecule has 134 valence electrons. The van der Waals surface area contributed by atoms with Crippen molar-refractivity contribution in [2.24, 2.45) is 0 Å². The number of hydrogen-bond acceptors (Lipinski definition) is 4. The second-order valence-corrected chi connectivity index (χ2v) is 6.74. The molecule has 0 aliphatic heterocycles. The maximum atomic E-state index is 13.3. The summed E-state index contributed by atoms with van der Waals surface area (Å²) in [7, 11) is 0. The first-order chi connectivity index (χ1) is 12.6. The quantitative estimate of drug-likeness (QED) is 0.623. The molecule has 26 heavy (non-hydrogen) atoms. The number of thioether (sulfide) groups is 1. The van der Waals surface area contributed by atoms with E-state index in [0.29, 0.717) is 28.4 Å². The molecular weight excluding hydrogens is 375 g/mol. The molecule has 3 aromatic rings. The van der Waals surface area contributed by atoms with Crippen molar-refractivity contribution in [1.29, 1.82) is 0 Å². The van der Waals surface area contributed by atoms with Gasteiger partial charge in [0.2, 0.25) is 5.95 Å². The van der Waals surface area contributed by atoms with E-state index in [1.807, 2.05) is 31.2 Å². The molecule has 1 N–H and O–H groups in total. The molecule has 0 spiro atoms. The van der Waals surface area contributed by atoms with Gasteiger partial charge in [-0.15, -0.1) is 10.2 Å². The van der Waals surface area contributed by atoms with Gasteiger partial charge in [0.1, 0.15) is 5.82 Å². The van der Waals surface area contributed by atoms with Crippen molar-refractivity contribution in [3.8, 4) is 0 Å². The monoisotopic (exact) mass is 390 g/mol. The highest BCUT2D eigenvalue weighted by Gasteiger charge is 2.15. The van der Waals surface area contributed by atoms with Gasteiger partial charge in [-0.2, -0.15) is 0 Å². The van der Waals surface area contributed by atoms with Crippen LogP contribution in [0.4, 0.5) is 10.3 Å². The van der Waals surface area contributed by atoms with Gasteiger partial charge in [-0.3, -0.25) is 14.7 Å². The normalized spacial score (nSPS) is 10.7. The van der Waals surface area contributed by atoms with Gasteiger partial charge in [-0.25, -0.2) is 4.39 Å². The lowest BCUT2D eigenvalue weighted by Gasteiger charge is -2.09. The highest BCUT2D eigenvalue weighted by molar-refractivity contribution is 7.98. The molecule has 0 aliphatic carbocycles. The number of rotatable bonds is 6. The minimum absolute atomic E-state index is 0.223. The fourth-order valence-corrected chi connectivity index (χ4v) is 3.62. The third-order valence-corrected chi connectivity index (χ3v) is 5.04. The second-order valence-electron chi connectivity index (χ2n) is 5.39. The Morgan fingerprint density at radius 1 is 1.23 bits per heavy atom. The van der Waals surface area contributed by atoms with Crippen LogP contribution in [0.15, 0.2) is 53.7 Å². The van der Waals surface area contributed by atoms with E-state index in [9.17, 15) is 9.18 Å². The van der Waals surface area contributed by atoms with E-state index in [4.69, 9.17) is 11.6 Å². The molecule has 0 saturated heterocycles. The Morgan fingerprint density at radius 3 is 2.77 bits per heavy atom. The minimum atomic E-state index is -0.467. The predicted molar refractivity (Wildman–Crippen MR) is 101 cm³/mol. The summed E-state index contributed by atoms with van der Waals surface area (Å²) in [6.07, 6.45) is 0. The Morgan fingerprint density at radius 2 is 2.04 bits per heavy atom. The van der Waals surface area contributed by atoms with E-state index in [1.54, 1.807) is 4.57 Å². The Kier molecular flexibility index (Phi) is 5.90. The largest absolute Gasteiger partial charge is 0.290 e. The first kappa shape index (κ1) is 18.4. The number of halogens is 2. The second kappa shape index (κ2) is 8.33. The summed E-state index contributed by atoms with van der Waals surface area (Å²) >= 11 is 7.65. The molecule has 2 aromatic carbocycles. The number of carbonyl (C=O) groups is 1. The van der Waals surface area contributed by atoms with Gasteiger partial charge >= 0.3 is 0 Å². The zero-order chi connectivity index (χ0) is 18.5. The van der Waals surface area contributed by atoms with E-state index >= 15 is 0 Å². The molecule has 0 bridgehead atoms. The van der Waals surface area contributed by atoms with Crippen LogP contribution in [0.2, 0.25) is 5.02 Å². The van der Waals surface area contributed by atoms with Crippen molar-refractivity contribution < 1.29 is 9.18 Å². The standard InChI is InChI=1S/C18H16ClFN4OS/c1-2-24-17(21-16(25)12-7-5-8-14(20)10-12)22-23-18(24)26-11-13-6-3-4-9-15(13)19/h3-10H,2,11H2,1H3,(H,21,22,25). The van der Waals surface area contributed by atoms with Crippen molar-refractivity contribution in [3.63, 3.8) is 0 Å². The van der Waals surface area contributed by atoms with Crippen LogP contribution in [0.1, 0.15) is 22.8 Å². The van der Waals surface area contributed by atoms with Crippen molar-refractivity contribution in [1.82, 2.24) is 14.8 Å². The number of hydrogen-bond donors (Lipinski definition) is 1. The number of nitrogens with one attached hydrogen (secondary N) is 1. The van der Waals surface area contributed by atoms with Crippen molar-refractivity contribution in [3.05, 3.63) is 70.5 Å². The first-order valence-electron chi connectivity index (χ1n) is 7.94. The average Bonchev–Trinajstić information content (AvgIpc) is 3.02. The molecule has 0 unspecified atom stereocenters. The van der Waals surface area contributed by atoms with E-state index in [0.717, 1.165) is 5.56 Å². The van der Waals surface area contributed by atoms with E-state index in [2.05, 4.69) is 15.5 Å². The van der Waals surface area contributed by atoms with Gasteiger partial charge in [0.05, 0.1) is 0 Å². The SMILES string of the molecule is CCn1c(NC(=O)c2cccc(F)c2)nnc1SCc1ccccc1Cl. The fourth-order valence-electron chi connectivity index (χ4n) is 2.33. The van der Waals surface area contributed by atoms with Crippen molar-refractivity contribution in [2.45, 2.75) is 24.4 Å². The average molecular weight is 391 g/mol. The molecule has 1 aromatic heterocycles. The lowest BCUT2D eigenvalue weighted by molar-refractivity contribution is 0.102. The van der Waals surface area contributed by atoms with Gasteiger partial charge in [0.25, 0.3) is 5.91 Å². The predicted octanol–water partition coefficient (Wildman–Crippen LogP) is 4.64. The molecule has 1 amide bonds. The Hall–Kier alpha value is -2.38. The van der Waals surface area contributed by atoms with Gasteiger partial charge < -0.3 is 0 Å². The summed E-state index contributed by atoms with van der Waals surface area (Å²) < 4.78 is 15.1. The van der Waals surface area contributed by atoms with Crippen LogP contribution in [0.5, 0.6) is 0 Å². The molecule has 0 atom stereocenters. The number of nitrogens with zero attached hydrogens (tertiary/aromatic N) is 3. The molecule has 0 aliphatic rings. The highest BCUT2D eigenvalue weighted by Crippen LogP contribution is 2.27. The molecule has 0 saturated carbocycles. The lowest BCUT2D eigenvalue weighted by Crippen LogP contribution is -2.16. The number of anilines is 1. The van der Waals surface area contributed by atoms with E-state index in [1.165, 1.54) is 36.0 Å². The summed E-state index contributed by atoms with van der Waals surface area (Å²) in [6, 6.07) is 13.1. The van der Waals surface area contributed by atoms with Crippen LogP contribution in [-0.2, 0) is 12.3 Å². The number of aromatic nitrogens is 3. The smallest absolute Gasteiger partial charge is 0.258 e. The topological polar surface area (TPSA) is 59.8 Å². The zero-order valence-electron chi connectivity index (χ0n) is 13.9. The van der Waals surface area contributed by atoms with Crippen LogP contribution in [0, 0.1) is 5.82 Å². The minimum Gasteiger partial charge on any atom is -0.290 e. The fraction of sp³-hybridized carbons (Fsp3) is 0.167. The van der Waals surface area contributed by atoms with Gasteiger partial charge in [-0.05, 0) is 36.8 Å². The third kappa shape index (κ3) is 4.23. The number of carbonyl (C=O) groups excluding carboxylic acids is 1. The molecule has 0 radical (unpaired) electrons. The molecule has 8 heteroatoms. The van der Waals surface area contributed by atoms with Crippen molar-refractivity contribution >= 4 is 35.2 Å². The Bertz CT molecular complexity index is 931. The van der Waals surface area contributed by atoms with Crippen LogP contribution in [0.3, 0.4) is 0 Å². The van der Waals surface area contributed by atoms with Gasteiger partial charge in [0, 0.05) is 22.9 Å². The molecule has 5 nitrogen and oxygen atoms in total. The van der Waals surface area contributed by atoms with Gasteiger partial charge in [0.15, 0.2) is 5.16 Å². The number of amides is 1. The van der Waals surface area contributed by atoms with Crippen LogP contribution < -0.4 is 5.32 Å². The van der Waals surface area contributed by atoms with Crippen molar-refractivity contribution in [2.75, 3.05) is 5.32 Å². The van der Waals surface area contributed by atoms with Crippen LogP contribution in [0.25, 0.3) is 0 Å². The Balaban J connectivity index is 1.73. The summed E-state index contributed by atoms with van der Waals surface area (Å²) in [5.41, 5.74) is 1.22. The maximum Gasteiger partial charge on any atom is 0.258 e. The molecule has 0 fully saturated rings. The zero-order valence-corrected chi connectivity index (χ0v) is 15.5. The summed E-state index contributed by atoms with van der Waals surface area (Å²) in [4.78, 5) is 12.3. The van der Waals surface area contributed by atoms with E-state index in [-0.39, 0.29) is 5.56 Å². The summed E-state index contributed by atoms with van der Waals surface area (Å²) in [5.74, 6) is 0.0543. The van der Waals surface area contributed by atoms with Gasteiger partial charge in [-0.1, -0.05) is 47.6 Å². The molecule has 1 heterocycles. The summed E-state index contributed by atoms with van der Waals surface area (Å²) in [6.45, 7) is 2.51. The molecule has 3 rings (SSSR count). The van der Waals surface area contributed by atoms with Crippen LogP contribution >= 0.6 is 23.4 Å². The first-order valence-corrected chi connectivity index (χ1v) is 9.31. The maximum absolute atomic E-state index is 13.3. The Labute approximate surface area is 159 Å². The lowest BCUT2D eigenvalue weighted by atomic mass is 10.2.